The van der Waals surface area contributed by atoms with Crippen molar-refractivity contribution in [2.24, 2.45) is 0 Å². The Labute approximate surface area is 185 Å². The number of rotatable bonds is 4. The van der Waals surface area contributed by atoms with Gasteiger partial charge in [-0.15, -0.1) is 11.3 Å². The number of hydrogen-bond acceptors (Lipinski definition) is 4. The van der Waals surface area contributed by atoms with E-state index in [4.69, 9.17) is 9.72 Å². The molecule has 0 unspecified atom stereocenters. The van der Waals surface area contributed by atoms with E-state index in [9.17, 15) is 4.79 Å². The highest BCUT2D eigenvalue weighted by atomic mass is 32.1. The molecule has 31 heavy (non-hydrogen) atoms. The highest BCUT2D eigenvalue weighted by Crippen LogP contribution is 2.43. The van der Waals surface area contributed by atoms with Crippen LogP contribution < -0.4 is 9.64 Å². The Kier molecular flexibility index (Phi) is 5.04. The van der Waals surface area contributed by atoms with Crippen LogP contribution in [0.4, 0.5) is 5.69 Å². The molecule has 1 aromatic heterocycles. The van der Waals surface area contributed by atoms with Crippen molar-refractivity contribution < 1.29 is 9.53 Å². The number of carbonyl (C=O) groups excluding carboxylic acids is 1. The van der Waals surface area contributed by atoms with E-state index in [0.717, 1.165) is 38.0 Å². The smallest absolute Gasteiger partial charge is 0.265 e. The van der Waals surface area contributed by atoms with Crippen LogP contribution in [0.15, 0.2) is 78.9 Å². The van der Waals surface area contributed by atoms with Crippen LogP contribution >= 0.6 is 11.3 Å². The zero-order valence-electron chi connectivity index (χ0n) is 17.4. The van der Waals surface area contributed by atoms with E-state index in [0.29, 0.717) is 5.75 Å². The number of ether oxygens (including phenoxy) is 1. The van der Waals surface area contributed by atoms with Gasteiger partial charge >= 0.3 is 0 Å². The maximum Gasteiger partial charge on any atom is 0.265 e. The lowest BCUT2D eigenvalue weighted by molar-refractivity contribution is -0.121. The van der Waals surface area contributed by atoms with Gasteiger partial charge in [-0.1, -0.05) is 60.7 Å². The van der Waals surface area contributed by atoms with E-state index in [1.54, 1.807) is 11.3 Å². The quantitative estimate of drug-likeness (QED) is 0.405. The standard InChI is InChI=1S/C26H22N2O2S/c1-17-25(27-18(2)31-17)21-13-14-23-22(15-21)28(24(29)16-30-23)26(19-9-5-3-6-10-19)20-11-7-4-8-12-20/h3-15,26H,16H2,1-2H3. The zero-order chi connectivity index (χ0) is 21.4. The molecule has 154 valence electrons. The number of fused-ring (bicyclic) bond motifs is 1. The fourth-order valence-corrected chi connectivity index (χ4v) is 5.00. The molecule has 4 nitrogen and oxygen atoms in total. The fraction of sp³-hybridized carbons (Fsp3) is 0.154. The molecule has 1 aliphatic rings. The van der Waals surface area contributed by atoms with Gasteiger partial charge < -0.3 is 4.74 Å². The van der Waals surface area contributed by atoms with Crippen LogP contribution in [0.25, 0.3) is 11.3 Å². The van der Waals surface area contributed by atoms with Crippen molar-refractivity contribution >= 4 is 22.9 Å². The van der Waals surface area contributed by atoms with Gasteiger partial charge in [0.15, 0.2) is 6.61 Å². The van der Waals surface area contributed by atoms with E-state index in [1.807, 2.05) is 66.4 Å². The fourth-order valence-electron chi connectivity index (χ4n) is 4.16. The molecule has 0 fully saturated rings. The first kappa shape index (κ1) is 19.5. The van der Waals surface area contributed by atoms with Crippen molar-refractivity contribution in [2.75, 3.05) is 11.5 Å². The van der Waals surface area contributed by atoms with Crippen molar-refractivity contribution in [3.63, 3.8) is 0 Å². The van der Waals surface area contributed by atoms with Gasteiger partial charge in [0.1, 0.15) is 5.75 Å². The summed E-state index contributed by atoms with van der Waals surface area (Å²) in [7, 11) is 0. The monoisotopic (exact) mass is 426 g/mol. The number of aromatic nitrogens is 1. The summed E-state index contributed by atoms with van der Waals surface area (Å²) in [6, 6.07) is 26.1. The van der Waals surface area contributed by atoms with Crippen LogP contribution in [0.1, 0.15) is 27.1 Å². The summed E-state index contributed by atoms with van der Waals surface area (Å²) in [5.74, 6) is 0.651. The van der Waals surface area contributed by atoms with Crippen LogP contribution in [0, 0.1) is 13.8 Å². The second-order valence-corrected chi connectivity index (χ2v) is 9.00. The number of nitrogens with zero attached hydrogens (tertiary/aromatic N) is 2. The number of anilines is 1. The number of aryl methyl sites for hydroxylation is 2. The molecule has 0 atom stereocenters. The summed E-state index contributed by atoms with van der Waals surface area (Å²) in [6.07, 6.45) is 0. The molecule has 2 heterocycles. The summed E-state index contributed by atoms with van der Waals surface area (Å²) in [6.45, 7) is 4.12. The Bertz CT molecular complexity index is 1200. The average molecular weight is 427 g/mol. The largest absolute Gasteiger partial charge is 0.482 e. The number of amides is 1. The Hall–Kier alpha value is -3.44. The third-order valence-corrected chi connectivity index (χ3v) is 6.39. The number of hydrogen-bond donors (Lipinski definition) is 0. The zero-order valence-corrected chi connectivity index (χ0v) is 18.2. The highest BCUT2D eigenvalue weighted by Gasteiger charge is 2.34. The Morgan fingerprint density at radius 2 is 1.58 bits per heavy atom. The van der Waals surface area contributed by atoms with Gasteiger partial charge in [0.2, 0.25) is 0 Å². The molecule has 0 spiro atoms. The Morgan fingerprint density at radius 3 is 2.16 bits per heavy atom. The topological polar surface area (TPSA) is 42.4 Å². The predicted octanol–water partition coefficient (Wildman–Crippen LogP) is 5.94. The SMILES string of the molecule is Cc1nc(-c2ccc3c(c2)N(C(c2ccccc2)c2ccccc2)C(=O)CO3)c(C)s1. The molecule has 5 heteroatoms. The predicted molar refractivity (Wildman–Crippen MR) is 125 cm³/mol. The first-order valence-corrected chi connectivity index (χ1v) is 11.1. The molecule has 5 rings (SSSR count). The minimum atomic E-state index is -0.244. The van der Waals surface area contributed by atoms with Gasteiger partial charge in [-0.05, 0) is 43.2 Å². The van der Waals surface area contributed by atoms with Gasteiger partial charge in [-0.25, -0.2) is 4.98 Å². The summed E-state index contributed by atoms with van der Waals surface area (Å²) in [5.41, 5.74) is 4.83. The molecule has 0 bridgehead atoms. The molecule has 0 N–H and O–H groups in total. The summed E-state index contributed by atoms with van der Waals surface area (Å²) in [5, 5.41) is 1.03. The van der Waals surface area contributed by atoms with E-state index in [1.165, 1.54) is 0 Å². The molecule has 0 saturated heterocycles. The van der Waals surface area contributed by atoms with Crippen LogP contribution in [0.3, 0.4) is 0 Å². The minimum Gasteiger partial charge on any atom is -0.482 e. The second kappa shape index (κ2) is 8.00. The summed E-state index contributed by atoms with van der Waals surface area (Å²) >= 11 is 1.68. The molecule has 3 aromatic carbocycles. The lowest BCUT2D eigenvalue weighted by Crippen LogP contribution is -2.42. The maximum absolute atomic E-state index is 13.3. The summed E-state index contributed by atoms with van der Waals surface area (Å²) < 4.78 is 5.81. The second-order valence-electron chi connectivity index (χ2n) is 7.60. The van der Waals surface area contributed by atoms with Crippen molar-refractivity contribution in [3.05, 3.63) is 99.9 Å². The molecular weight excluding hydrogens is 404 g/mol. The average Bonchev–Trinajstić information content (AvgIpc) is 3.14. The van der Waals surface area contributed by atoms with Crippen molar-refractivity contribution in [1.29, 1.82) is 0 Å². The minimum absolute atomic E-state index is 0.0251. The first-order valence-electron chi connectivity index (χ1n) is 10.2. The van der Waals surface area contributed by atoms with Crippen molar-refractivity contribution in [3.8, 4) is 17.0 Å². The van der Waals surface area contributed by atoms with Gasteiger partial charge in [-0.3, -0.25) is 9.69 Å². The molecule has 1 aliphatic heterocycles. The van der Waals surface area contributed by atoms with E-state index in [2.05, 4.69) is 31.2 Å². The van der Waals surface area contributed by atoms with Gasteiger partial charge in [0, 0.05) is 10.4 Å². The van der Waals surface area contributed by atoms with Crippen molar-refractivity contribution in [1.82, 2.24) is 4.98 Å². The maximum atomic E-state index is 13.3. The Morgan fingerprint density at radius 1 is 0.935 bits per heavy atom. The van der Waals surface area contributed by atoms with E-state index >= 15 is 0 Å². The third-order valence-electron chi connectivity index (χ3n) is 5.50. The van der Waals surface area contributed by atoms with Crippen LogP contribution in [0.5, 0.6) is 5.75 Å². The van der Waals surface area contributed by atoms with Crippen molar-refractivity contribution in [2.45, 2.75) is 19.9 Å². The lowest BCUT2D eigenvalue weighted by atomic mass is 9.95. The summed E-state index contributed by atoms with van der Waals surface area (Å²) in [4.78, 5) is 21.0. The number of benzene rings is 3. The Balaban J connectivity index is 1.69. The highest BCUT2D eigenvalue weighted by molar-refractivity contribution is 7.11. The van der Waals surface area contributed by atoms with Crippen LogP contribution in [-0.2, 0) is 4.79 Å². The van der Waals surface area contributed by atoms with E-state index < -0.39 is 0 Å². The normalized spacial score (nSPS) is 13.3. The molecule has 0 radical (unpaired) electrons. The molecule has 1 amide bonds. The van der Waals surface area contributed by atoms with Gasteiger partial charge in [-0.2, -0.15) is 0 Å². The van der Waals surface area contributed by atoms with Crippen LogP contribution in [-0.4, -0.2) is 17.5 Å². The number of carbonyl (C=O) groups is 1. The number of thiazole rings is 1. The van der Waals surface area contributed by atoms with Gasteiger partial charge in [0.05, 0.1) is 22.4 Å². The molecule has 4 aromatic rings. The first-order chi connectivity index (χ1) is 15.1. The molecular formula is C26H22N2O2S. The molecule has 0 saturated carbocycles. The molecule has 0 aliphatic carbocycles. The van der Waals surface area contributed by atoms with Gasteiger partial charge in [0.25, 0.3) is 5.91 Å². The lowest BCUT2D eigenvalue weighted by Gasteiger charge is -2.36. The third kappa shape index (κ3) is 3.62. The van der Waals surface area contributed by atoms with Crippen LogP contribution in [0.2, 0.25) is 0 Å². The van der Waals surface area contributed by atoms with E-state index in [-0.39, 0.29) is 18.6 Å².